The van der Waals surface area contributed by atoms with Gasteiger partial charge in [0.1, 0.15) is 0 Å². The van der Waals surface area contributed by atoms with Gasteiger partial charge in [-0.2, -0.15) is 0 Å². The van der Waals surface area contributed by atoms with Crippen LogP contribution in [0.5, 0.6) is 0 Å². The Labute approximate surface area is 145 Å². The first kappa shape index (κ1) is 16.6. The maximum absolute atomic E-state index is 12.2. The van der Waals surface area contributed by atoms with E-state index in [4.69, 9.17) is 0 Å². The van der Waals surface area contributed by atoms with E-state index in [1.807, 2.05) is 30.3 Å². The van der Waals surface area contributed by atoms with Crippen molar-refractivity contribution in [1.29, 1.82) is 0 Å². The molecule has 7 heteroatoms. The number of hydrogen-bond donors (Lipinski definition) is 1. The minimum atomic E-state index is -0.338. The summed E-state index contributed by atoms with van der Waals surface area (Å²) in [5.41, 5.74) is 1.81. The Kier molecular flexibility index (Phi) is 5.03. The van der Waals surface area contributed by atoms with Crippen molar-refractivity contribution in [3.05, 3.63) is 66.4 Å². The van der Waals surface area contributed by atoms with Crippen LogP contribution in [0.15, 0.2) is 55.1 Å². The van der Waals surface area contributed by atoms with Crippen LogP contribution in [0.25, 0.3) is 5.65 Å². The van der Waals surface area contributed by atoms with Crippen molar-refractivity contribution in [2.45, 2.75) is 13.0 Å². The second kappa shape index (κ2) is 7.57. The number of benzene rings is 1. The Hall–Kier alpha value is -3.22. The molecule has 0 bridgehead atoms. The van der Waals surface area contributed by atoms with Crippen LogP contribution in [-0.4, -0.2) is 44.7 Å². The van der Waals surface area contributed by atoms with Crippen LogP contribution in [0, 0.1) is 0 Å². The highest BCUT2D eigenvalue weighted by molar-refractivity contribution is 5.97. The van der Waals surface area contributed by atoms with Gasteiger partial charge < -0.3 is 14.6 Å². The van der Waals surface area contributed by atoms with E-state index < -0.39 is 0 Å². The van der Waals surface area contributed by atoms with Crippen LogP contribution in [0.2, 0.25) is 0 Å². The van der Waals surface area contributed by atoms with Gasteiger partial charge in [-0.25, -0.2) is 9.97 Å². The van der Waals surface area contributed by atoms with Gasteiger partial charge in [-0.3, -0.25) is 9.59 Å². The molecule has 2 heterocycles. The summed E-state index contributed by atoms with van der Waals surface area (Å²) in [7, 11) is 1.75. The molecule has 3 rings (SSSR count). The van der Waals surface area contributed by atoms with Crippen molar-refractivity contribution < 1.29 is 9.59 Å². The minimum Gasteiger partial charge on any atom is -0.350 e. The maximum Gasteiger partial charge on any atom is 0.273 e. The third kappa shape index (κ3) is 4.00. The van der Waals surface area contributed by atoms with Crippen LogP contribution < -0.4 is 5.32 Å². The van der Waals surface area contributed by atoms with Gasteiger partial charge in [0, 0.05) is 51.3 Å². The second-order valence-electron chi connectivity index (χ2n) is 5.68. The van der Waals surface area contributed by atoms with Gasteiger partial charge in [0.25, 0.3) is 5.91 Å². The van der Waals surface area contributed by atoms with E-state index >= 15 is 0 Å². The molecule has 1 N–H and O–H groups in total. The molecular weight excluding hydrogens is 318 g/mol. The lowest BCUT2D eigenvalue weighted by Crippen LogP contribution is -2.32. The van der Waals surface area contributed by atoms with E-state index in [2.05, 4.69) is 15.3 Å². The molecule has 0 unspecified atom stereocenters. The zero-order valence-corrected chi connectivity index (χ0v) is 13.9. The molecule has 2 amide bonds. The van der Waals surface area contributed by atoms with Crippen LogP contribution >= 0.6 is 0 Å². The Bertz CT molecular complexity index is 875. The summed E-state index contributed by atoms with van der Waals surface area (Å²) < 4.78 is 1.72. The highest BCUT2D eigenvalue weighted by Crippen LogP contribution is 2.06. The van der Waals surface area contributed by atoms with Crippen molar-refractivity contribution >= 4 is 17.5 Å². The molecule has 7 nitrogen and oxygen atoms in total. The minimum absolute atomic E-state index is 0.0314. The van der Waals surface area contributed by atoms with Crippen LogP contribution in [0.4, 0.5) is 0 Å². The first-order valence-corrected chi connectivity index (χ1v) is 7.99. The smallest absolute Gasteiger partial charge is 0.273 e. The number of aromatic nitrogens is 3. The Morgan fingerprint density at radius 3 is 2.60 bits per heavy atom. The predicted octanol–water partition coefficient (Wildman–Crippen LogP) is 1.51. The number of nitrogens with one attached hydrogen (secondary N) is 1. The largest absolute Gasteiger partial charge is 0.350 e. The van der Waals surface area contributed by atoms with E-state index in [0.717, 1.165) is 5.56 Å². The van der Waals surface area contributed by atoms with Crippen LogP contribution in [0.1, 0.15) is 22.5 Å². The number of amides is 2. The zero-order valence-electron chi connectivity index (χ0n) is 13.9. The van der Waals surface area contributed by atoms with E-state index in [-0.39, 0.29) is 30.5 Å². The van der Waals surface area contributed by atoms with Gasteiger partial charge >= 0.3 is 0 Å². The van der Waals surface area contributed by atoms with E-state index in [1.165, 1.54) is 0 Å². The average molecular weight is 337 g/mol. The molecule has 0 radical (unpaired) electrons. The number of nitrogens with zero attached hydrogens (tertiary/aromatic N) is 4. The Balaban J connectivity index is 1.51. The Morgan fingerprint density at radius 2 is 1.84 bits per heavy atom. The number of hydrogen-bond acceptors (Lipinski definition) is 4. The van der Waals surface area contributed by atoms with Crippen LogP contribution in [0.3, 0.4) is 0 Å². The first-order valence-electron chi connectivity index (χ1n) is 7.99. The highest BCUT2D eigenvalue weighted by atomic mass is 16.2. The normalized spacial score (nSPS) is 10.6. The third-order valence-corrected chi connectivity index (χ3v) is 3.84. The van der Waals surface area contributed by atoms with Crippen molar-refractivity contribution in [3.63, 3.8) is 0 Å². The highest BCUT2D eigenvalue weighted by Gasteiger charge is 2.14. The van der Waals surface area contributed by atoms with Gasteiger partial charge in [0.05, 0.1) is 0 Å². The fourth-order valence-electron chi connectivity index (χ4n) is 2.52. The van der Waals surface area contributed by atoms with Crippen molar-refractivity contribution in [2.24, 2.45) is 0 Å². The predicted molar refractivity (Wildman–Crippen MR) is 92.9 cm³/mol. The third-order valence-electron chi connectivity index (χ3n) is 3.84. The molecular formula is C18H19N5O2. The molecule has 128 valence electrons. The van der Waals surface area contributed by atoms with Gasteiger partial charge in [-0.15, -0.1) is 0 Å². The summed E-state index contributed by atoms with van der Waals surface area (Å²) in [6, 6.07) is 9.77. The zero-order chi connectivity index (χ0) is 17.6. The van der Waals surface area contributed by atoms with Crippen LogP contribution in [-0.2, 0) is 11.3 Å². The standard InChI is InChI=1S/C18H19N5O2/c1-22(13-14-5-3-2-4-6-14)15(24)7-8-21-18(25)16-17-20-10-12-23(17)11-9-19-16/h2-6,9-12H,7-8,13H2,1H3,(H,21,25). The SMILES string of the molecule is CN(Cc1ccccc1)C(=O)CCNC(=O)c1nccn2ccnc12. The van der Waals surface area contributed by atoms with Crippen molar-refractivity contribution in [2.75, 3.05) is 13.6 Å². The number of imidazole rings is 1. The fourth-order valence-corrected chi connectivity index (χ4v) is 2.52. The molecule has 0 aliphatic heterocycles. The summed E-state index contributed by atoms with van der Waals surface area (Å²) in [5, 5.41) is 2.73. The van der Waals surface area contributed by atoms with Gasteiger partial charge in [-0.1, -0.05) is 30.3 Å². The van der Waals surface area contributed by atoms with E-state index in [0.29, 0.717) is 12.2 Å². The Morgan fingerprint density at radius 1 is 1.12 bits per heavy atom. The quantitative estimate of drug-likeness (QED) is 0.739. The van der Waals surface area contributed by atoms with Gasteiger partial charge in [0.2, 0.25) is 5.91 Å². The second-order valence-corrected chi connectivity index (χ2v) is 5.68. The summed E-state index contributed by atoms with van der Waals surface area (Å²) in [5.74, 6) is -0.369. The summed E-state index contributed by atoms with van der Waals surface area (Å²) in [6.07, 6.45) is 6.85. The molecule has 0 spiro atoms. The summed E-state index contributed by atoms with van der Waals surface area (Å²) >= 11 is 0. The molecule has 0 aliphatic rings. The lowest BCUT2D eigenvalue weighted by atomic mass is 10.2. The average Bonchev–Trinajstić information content (AvgIpc) is 3.11. The molecule has 0 saturated heterocycles. The maximum atomic E-state index is 12.2. The molecule has 1 aromatic carbocycles. The molecule has 3 aromatic rings. The topological polar surface area (TPSA) is 79.6 Å². The number of carbonyl (C=O) groups excluding carboxylic acids is 2. The molecule has 2 aromatic heterocycles. The molecule has 0 aliphatic carbocycles. The molecule has 25 heavy (non-hydrogen) atoms. The van der Waals surface area contributed by atoms with Gasteiger partial charge in [-0.05, 0) is 5.56 Å². The number of fused-ring (bicyclic) bond motifs is 1. The van der Waals surface area contributed by atoms with E-state index in [1.54, 1.807) is 41.1 Å². The number of rotatable bonds is 6. The van der Waals surface area contributed by atoms with Crippen molar-refractivity contribution in [3.8, 4) is 0 Å². The molecule has 0 fully saturated rings. The fraction of sp³-hybridized carbons (Fsp3) is 0.222. The summed E-state index contributed by atoms with van der Waals surface area (Å²) in [6.45, 7) is 0.794. The van der Waals surface area contributed by atoms with Crippen molar-refractivity contribution in [1.82, 2.24) is 24.6 Å². The lowest BCUT2D eigenvalue weighted by molar-refractivity contribution is -0.130. The first-order chi connectivity index (χ1) is 12.1. The lowest BCUT2D eigenvalue weighted by Gasteiger charge is -2.17. The number of carbonyl (C=O) groups is 2. The molecule has 0 saturated carbocycles. The van der Waals surface area contributed by atoms with Gasteiger partial charge in [0.15, 0.2) is 11.3 Å². The van der Waals surface area contributed by atoms with E-state index in [9.17, 15) is 9.59 Å². The monoisotopic (exact) mass is 337 g/mol. The summed E-state index contributed by atoms with van der Waals surface area (Å²) in [4.78, 5) is 34.3. The molecule has 0 atom stereocenters.